The third-order valence-electron chi connectivity index (χ3n) is 3.71. The van der Waals surface area contributed by atoms with E-state index in [1.54, 1.807) is 0 Å². The van der Waals surface area contributed by atoms with Crippen LogP contribution in [0.15, 0.2) is 55.0 Å². The molecule has 0 aliphatic carbocycles. The molecule has 0 aliphatic rings. The molecule has 0 unspecified atom stereocenters. The molecule has 21 heavy (non-hydrogen) atoms. The van der Waals surface area contributed by atoms with E-state index in [1.807, 2.05) is 12.5 Å². The first-order chi connectivity index (χ1) is 10.2. The quantitative estimate of drug-likeness (QED) is 0.773. The monoisotopic (exact) mass is 279 g/mol. The molecule has 0 bridgehead atoms. The molecular formula is C18H21N3. The summed E-state index contributed by atoms with van der Waals surface area (Å²) in [7, 11) is 0. The average molecular weight is 279 g/mol. The van der Waals surface area contributed by atoms with Gasteiger partial charge in [-0.05, 0) is 16.3 Å². The summed E-state index contributed by atoms with van der Waals surface area (Å²) in [5, 5.41) is 6.06. The Balaban J connectivity index is 1.87. The number of rotatable bonds is 5. The van der Waals surface area contributed by atoms with E-state index in [-0.39, 0.29) is 0 Å². The molecule has 0 saturated carbocycles. The highest BCUT2D eigenvalue weighted by molar-refractivity contribution is 5.85. The van der Waals surface area contributed by atoms with Crippen molar-refractivity contribution in [3.8, 4) is 0 Å². The van der Waals surface area contributed by atoms with Gasteiger partial charge >= 0.3 is 0 Å². The minimum absolute atomic E-state index is 0.478. The number of aromatic nitrogens is 2. The number of hydrogen-bond acceptors (Lipinski definition) is 2. The maximum Gasteiger partial charge on any atom is 0.0951 e. The second-order valence-electron chi connectivity index (χ2n) is 5.69. The predicted octanol–water partition coefficient (Wildman–Crippen LogP) is 3.58. The lowest BCUT2D eigenvalue weighted by molar-refractivity contribution is 0.565. The SMILES string of the molecule is CC(C)NCc1cncn1Cc1cccc2ccccc12. The molecule has 0 spiro atoms. The van der Waals surface area contributed by atoms with Crippen molar-refractivity contribution in [1.82, 2.24) is 14.9 Å². The van der Waals surface area contributed by atoms with Gasteiger partial charge in [-0.25, -0.2) is 4.98 Å². The number of hydrogen-bond donors (Lipinski definition) is 1. The van der Waals surface area contributed by atoms with E-state index in [1.165, 1.54) is 22.0 Å². The summed E-state index contributed by atoms with van der Waals surface area (Å²) in [6, 6.07) is 15.5. The Morgan fingerprint density at radius 1 is 1.10 bits per heavy atom. The van der Waals surface area contributed by atoms with Crippen LogP contribution in [0.4, 0.5) is 0 Å². The van der Waals surface area contributed by atoms with Crippen molar-refractivity contribution < 1.29 is 0 Å². The molecule has 3 rings (SSSR count). The third-order valence-corrected chi connectivity index (χ3v) is 3.71. The summed E-state index contributed by atoms with van der Waals surface area (Å²) < 4.78 is 2.22. The van der Waals surface area contributed by atoms with E-state index >= 15 is 0 Å². The molecule has 0 aliphatic heterocycles. The van der Waals surface area contributed by atoms with E-state index in [4.69, 9.17) is 0 Å². The smallest absolute Gasteiger partial charge is 0.0951 e. The zero-order chi connectivity index (χ0) is 14.7. The summed E-state index contributed by atoms with van der Waals surface area (Å²) in [4.78, 5) is 4.30. The second-order valence-corrected chi connectivity index (χ2v) is 5.69. The Labute approximate surface area is 125 Å². The largest absolute Gasteiger partial charge is 0.329 e. The van der Waals surface area contributed by atoms with Crippen molar-refractivity contribution in [2.45, 2.75) is 33.0 Å². The van der Waals surface area contributed by atoms with Gasteiger partial charge in [0.25, 0.3) is 0 Å². The van der Waals surface area contributed by atoms with Gasteiger partial charge in [-0.1, -0.05) is 56.3 Å². The summed E-state index contributed by atoms with van der Waals surface area (Å²) in [5.41, 5.74) is 2.55. The fraction of sp³-hybridized carbons (Fsp3) is 0.278. The van der Waals surface area contributed by atoms with Crippen molar-refractivity contribution in [2.75, 3.05) is 0 Å². The number of fused-ring (bicyclic) bond motifs is 1. The van der Waals surface area contributed by atoms with Crippen LogP contribution in [0.5, 0.6) is 0 Å². The molecule has 2 aromatic carbocycles. The van der Waals surface area contributed by atoms with Crippen LogP contribution < -0.4 is 5.32 Å². The fourth-order valence-corrected chi connectivity index (χ4v) is 2.56. The lowest BCUT2D eigenvalue weighted by Gasteiger charge is -2.12. The first kappa shape index (κ1) is 13.8. The number of nitrogens with one attached hydrogen (secondary N) is 1. The lowest BCUT2D eigenvalue weighted by Crippen LogP contribution is -2.23. The highest BCUT2D eigenvalue weighted by Gasteiger charge is 2.06. The molecule has 0 fully saturated rings. The Hall–Kier alpha value is -2.13. The normalized spacial score (nSPS) is 11.4. The van der Waals surface area contributed by atoms with Gasteiger partial charge in [0, 0.05) is 25.3 Å². The van der Waals surface area contributed by atoms with Crippen LogP contribution in [0.2, 0.25) is 0 Å². The maximum atomic E-state index is 4.30. The van der Waals surface area contributed by atoms with Crippen LogP contribution in [-0.2, 0) is 13.1 Å². The molecule has 3 nitrogen and oxygen atoms in total. The molecule has 0 atom stereocenters. The molecule has 108 valence electrons. The Bertz CT molecular complexity index is 723. The summed E-state index contributed by atoms with van der Waals surface area (Å²) >= 11 is 0. The van der Waals surface area contributed by atoms with Crippen LogP contribution in [0.1, 0.15) is 25.1 Å². The van der Waals surface area contributed by atoms with Crippen molar-refractivity contribution in [3.05, 3.63) is 66.2 Å². The van der Waals surface area contributed by atoms with Crippen molar-refractivity contribution in [3.63, 3.8) is 0 Å². The zero-order valence-corrected chi connectivity index (χ0v) is 12.6. The molecule has 1 N–H and O–H groups in total. The summed E-state index contributed by atoms with van der Waals surface area (Å²) in [6.07, 6.45) is 3.86. The van der Waals surface area contributed by atoms with Crippen molar-refractivity contribution in [1.29, 1.82) is 0 Å². The second kappa shape index (κ2) is 6.10. The van der Waals surface area contributed by atoms with Crippen LogP contribution >= 0.6 is 0 Å². The Kier molecular flexibility index (Phi) is 4.02. The fourth-order valence-electron chi connectivity index (χ4n) is 2.56. The summed E-state index contributed by atoms with van der Waals surface area (Å²) in [6.45, 7) is 6.02. The topological polar surface area (TPSA) is 29.9 Å². The Morgan fingerprint density at radius 2 is 1.90 bits per heavy atom. The summed E-state index contributed by atoms with van der Waals surface area (Å²) in [5.74, 6) is 0. The average Bonchev–Trinajstić information content (AvgIpc) is 2.93. The van der Waals surface area contributed by atoms with Crippen LogP contribution in [-0.4, -0.2) is 15.6 Å². The first-order valence-electron chi connectivity index (χ1n) is 7.43. The minimum Gasteiger partial charge on any atom is -0.329 e. The molecule has 0 radical (unpaired) electrons. The highest BCUT2D eigenvalue weighted by atomic mass is 15.1. The third kappa shape index (κ3) is 3.14. The number of benzene rings is 2. The van der Waals surface area contributed by atoms with Gasteiger partial charge in [-0.3, -0.25) is 0 Å². The zero-order valence-electron chi connectivity index (χ0n) is 12.6. The number of imidazole rings is 1. The lowest BCUT2D eigenvalue weighted by atomic mass is 10.0. The maximum absolute atomic E-state index is 4.30. The molecular weight excluding hydrogens is 258 g/mol. The van der Waals surface area contributed by atoms with Crippen LogP contribution in [0.3, 0.4) is 0 Å². The molecule has 0 amide bonds. The van der Waals surface area contributed by atoms with Gasteiger partial charge in [0.1, 0.15) is 0 Å². The molecule has 1 aromatic heterocycles. The first-order valence-corrected chi connectivity index (χ1v) is 7.43. The predicted molar refractivity (Wildman–Crippen MR) is 87.3 cm³/mol. The standard InChI is InChI=1S/C18H21N3/c1-14(2)20-11-17-10-19-13-21(17)12-16-8-5-7-15-6-3-4-9-18(15)16/h3-10,13-14,20H,11-12H2,1-2H3. The highest BCUT2D eigenvalue weighted by Crippen LogP contribution is 2.19. The van der Waals surface area contributed by atoms with Crippen molar-refractivity contribution >= 4 is 10.8 Å². The van der Waals surface area contributed by atoms with Gasteiger partial charge in [-0.15, -0.1) is 0 Å². The molecule has 3 aromatic rings. The van der Waals surface area contributed by atoms with E-state index in [0.717, 1.165) is 13.1 Å². The van der Waals surface area contributed by atoms with Gasteiger partial charge in [0.2, 0.25) is 0 Å². The molecule has 0 saturated heterocycles. The van der Waals surface area contributed by atoms with E-state index in [2.05, 4.69) is 71.2 Å². The van der Waals surface area contributed by atoms with Crippen molar-refractivity contribution in [2.24, 2.45) is 0 Å². The van der Waals surface area contributed by atoms with Gasteiger partial charge in [0.15, 0.2) is 0 Å². The molecule has 3 heteroatoms. The van der Waals surface area contributed by atoms with Crippen LogP contribution in [0, 0.1) is 0 Å². The van der Waals surface area contributed by atoms with Crippen LogP contribution in [0.25, 0.3) is 10.8 Å². The number of nitrogens with zero attached hydrogens (tertiary/aromatic N) is 2. The molecule has 1 heterocycles. The van der Waals surface area contributed by atoms with Gasteiger partial charge in [-0.2, -0.15) is 0 Å². The van der Waals surface area contributed by atoms with E-state index in [0.29, 0.717) is 6.04 Å². The Morgan fingerprint density at radius 3 is 2.76 bits per heavy atom. The van der Waals surface area contributed by atoms with E-state index in [9.17, 15) is 0 Å². The van der Waals surface area contributed by atoms with Gasteiger partial charge in [0.05, 0.1) is 12.0 Å². The van der Waals surface area contributed by atoms with Gasteiger partial charge < -0.3 is 9.88 Å². The van der Waals surface area contributed by atoms with E-state index < -0.39 is 0 Å². The minimum atomic E-state index is 0.478.